The molecule has 10 heteroatoms. The Morgan fingerprint density at radius 3 is 2.49 bits per heavy atom. The second-order valence-corrected chi connectivity index (χ2v) is 11.5. The van der Waals surface area contributed by atoms with Crippen molar-refractivity contribution in [2.24, 2.45) is 5.73 Å². The number of nitrogens with two attached hydrogens (primary N) is 1. The zero-order chi connectivity index (χ0) is 30.7. The number of primary amides is 1. The van der Waals surface area contributed by atoms with Crippen molar-refractivity contribution < 1.29 is 28.6 Å². The highest BCUT2D eigenvalue weighted by Gasteiger charge is 2.44. The first-order valence-electron chi connectivity index (χ1n) is 14.4. The van der Waals surface area contributed by atoms with Crippen LogP contribution in [0.1, 0.15) is 59.5 Å². The van der Waals surface area contributed by atoms with Gasteiger partial charge in [0, 0.05) is 43.0 Å². The third kappa shape index (κ3) is 5.87. The Kier molecular flexibility index (Phi) is 8.83. The Bertz CT molecular complexity index is 1660. The molecular formula is C33H36N3O6P. The minimum Gasteiger partial charge on any atom is -0.496 e. The van der Waals surface area contributed by atoms with Crippen molar-refractivity contribution in [3.63, 3.8) is 0 Å². The minimum atomic E-state index is -0.662. The Hall–Kier alpha value is -4.23. The molecule has 0 aliphatic carbocycles. The largest absolute Gasteiger partial charge is 0.496 e. The number of carbonyl (C=O) groups excluding carboxylic acids is 3. The molecular weight excluding hydrogens is 565 g/mol. The summed E-state index contributed by atoms with van der Waals surface area (Å²) in [4.78, 5) is 44.9. The fourth-order valence-corrected chi connectivity index (χ4v) is 6.81. The average Bonchev–Trinajstić information content (AvgIpc) is 3.04. The molecule has 224 valence electrons. The lowest BCUT2D eigenvalue weighted by atomic mass is 9.82. The molecule has 1 atom stereocenters. The van der Waals surface area contributed by atoms with Crippen LogP contribution in [0.3, 0.4) is 0 Å². The lowest BCUT2D eigenvalue weighted by Crippen LogP contribution is -2.52. The molecule has 2 amide bonds. The molecule has 9 nitrogen and oxygen atoms in total. The number of nitrogens with zero attached hydrogens (tertiary/aromatic N) is 2. The number of ether oxygens (including phenoxy) is 3. The highest BCUT2D eigenvalue weighted by atomic mass is 31.1. The summed E-state index contributed by atoms with van der Waals surface area (Å²) in [5.41, 5.74) is 8.55. The normalized spacial score (nSPS) is 17.7. The van der Waals surface area contributed by atoms with E-state index >= 15 is 0 Å². The smallest absolute Gasteiger partial charge is 0.272 e. The van der Waals surface area contributed by atoms with E-state index < -0.39 is 11.5 Å². The third-order valence-corrected chi connectivity index (χ3v) is 9.10. The molecule has 3 aliphatic heterocycles. The van der Waals surface area contributed by atoms with Crippen LogP contribution in [0.2, 0.25) is 0 Å². The number of allylic oxidation sites excluding steroid dienone is 2. The van der Waals surface area contributed by atoms with Crippen LogP contribution in [-0.4, -0.2) is 66.6 Å². The maximum Gasteiger partial charge on any atom is 0.272 e. The van der Waals surface area contributed by atoms with Gasteiger partial charge in [-0.1, -0.05) is 40.4 Å². The monoisotopic (exact) mass is 601 g/mol. The molecule has 0 saturated carbocycles. The van der Waals surface area contributed by atoms with Crippen molar-refractivity contribution >= 4 is 42.7 Å². The first-order chi connectivity index (χ1) is 20.8. The number of fused-ring (bicyclic) bond motifs is 2. The van der Waals surface area contributed by atoms with Crippen molar-refractivity contribution in [1.29, 1.82) is 0 Å². The Morgan fingerprint density at radius 2 is 1.79 bits per heavy atom. The SMILES string of the molecule is CC.COc1cc(C(=O)N2CCC3(CC2)CC(=O)c2cc(C4=CPCC(C(N)=O)=C4)ccc2O3)nc2c(OC)cccc12. The number of likely N-dealkylation sites (tertiary alicyclic amines) is 1. The van der Waals surface area contributed by atoms with Gasteiger partial charge < -0.3 is 24.8 Å². The number of pyridine rings is 1. The van der Waals surface area contributed by atoms with Crippen molar-refractivity contribution in [3.05, 3.63) is 76.8 Å². The van der Waals surface area contributed by atoms with E-state index in [-0.39, 0.29) is 23.8 Å². The summed E-state index contributed by atoms with van der Waals surface area (Å²) in [7, 11) is 3.59. The quantitative estimate of drug-likeness (QED) is 0.391. The molecule has 0 bridgehead atoms. The predicted molar refractivity (Wildman–Crippen MR) is 169 cm³/mol. The van der Waals surface area contributed by atoms with Gasteiger partial charge in [-0.15, -0.1) is 0 Å². The van der Waals surface area contributed by atoms with Gasteiger partial charge in [-0.2, -0.15) is 0 Å². The van der Waals surface area contributed by atoms with Crippen molar-refractivity contribution in [2.45, 2.75) is 38.7 Å². The molecule has 0 radical (unpaired) electrons. The van der Waals surface area contributed by atoms with Gasteiger partial charge in [-0.3, -0.25) is 14.4 Å². The summed E-state index contributed by atoms with van der Waals surface area (Å²) in [6, 6.07) is 12.8. The third-order valence-electron chi connectivity index (χ3n) is 8.00. The van der Waals surface area contributed by atoms with Crippen LogP contribution in [0.4, 0.5) is 0 Å². The van der Waals surface area contributed by atoms with Crippen LogP contribution in [0.25, 0.3) is 16.5 Å². The van der Waals surface area contributed by atoms with Crippen LogP contribution in [0.15, 0.2) is 59.9 Å². The number of aromatic nitrogens is 1. The average molecular weight is 602 g/mol. The molecule has 6 rings (SSSR count). The molecule has 1 fully saturated rings. The van der Waals surface area contributed by atoms with E-state index in [9.17, 15) is 14.4 Å². The van der Waals surface area contributed by atoms with Crippen molar-refractivity contribution in [2.75, 3.05) is 33.5 Å². The number of benzene rings is 2. The van der Waals surface area contributed by atoms with E-state index in [4.69, 9.17) is 19.9 Å². The number of rotatable bonds is 5. The fourth-order valence-electron chi connectivity index (χ4n) is 5.74. The van der Waals surface area contributed by atoms with E-state index in [1.54, 1.807) is 37.3 Å². The maximum atomic E-state index is 13.5. The summed E-state index contributed by atoms with van der Waals surface area (Å²) in [5.74, 6) is 3.13. The van der Waals surface area contributed by atoms with Crippen LogP contribution in [0.5, 0.6) is 17.2 Å². The minimum absolute atomic E-state index is 0.0128. The number of methoxy groups -OCH3 is 2. The molecule has 1 spiro atoms. The van der Waals surface area contributed by atoms with Gasteiger partial charge in [-0.05, 0) is 47.6 Å². The predicted octanol–water partition coefficient (Wildman–Crippen LogP) is 5.36. The van der Waals surface area contributed by atoms with Gasteiger partial charge in [-0.25, -0.2) is 4.98 Å². The Morgan fingerprint density at radius 1 is 1.05 bits per heavy atom. The van der Waals surface area contributed by atoms with E-state index in [0.29, 0.717) is 74.6 Å². The highest BCUT2D eigenvalue weighted by molar-refractivity contribution is 7.42. The number of hydrogen-bond donors (Lipinski definition) is 1. The lowest BCUT2D eigenvalue weighted by molar-refractivity contribution is -0.114. The van der Waals surface area contributed by atoms with Gasteiger partial charge in [0.1, 0.15) is 34.1 Å². The summed E-state index contributed by atoms with van der Waals surface area (Å²) < 4.78 is 17.5. The number of carbonyl (C=O) groups is 3. The van der Waals surface area contributed by atoms with E-state index in [0.717, 1.165) is 16.5 Å². The van der Waals surface area contributed by atoms with Crippen LogP contribution in [-0.2, 0) is 4.79 Å². The molecule has 3 aromatic rings. The number of piperidine rings is 1. The fraction of sp³-hybridized carbons (Fsp3) is 0.333. The molecule has 1 saturated heterocycles. The van der Waals surface area contributed by atoms with Crippen molar-refractivity contribution in [3.8, 4) is 17.2 Å². The van der Waals surface area contributed by atoms with Crippen LogP contribution >= 0.6 is 8.58 Å². The van der Waals surface area contributed by atoms with Gasteiger partial charge in [0.15, 0.2) is 5.78 Å². The second-order valence-electron chi connectivity index (χ2n) is 10.5. The summed E-state index contributed by atoms with van der Waals surface area (Å²) >= 11 is 0. The van der Waals surface area contributed by atoms with Gasteiger partial charge in [0.05, 0.1) is 26.2 Å². The summed E-state index contributed by atoms with van der Waals surface area (Å²) in [6.07, 6.45) is 3.74. The number of Topliss-reactive ketones (excluding diaryl/α,β-unsaturated/α-hetero) is 1. The zero-order valence-corrected chi connectivity index (χ0v) is 25.9. The molecule has 1 unspecified atom stereocenters. The Labute approximate surface area is 252 Å². The zero-order valence-electron chi connectivity index (χ0n) is 24.9. The van der Waals surface area contributed by atoms with Crippen LogP contribution in [0, 0.1) is 0 Å². The van der Waals surface area contributed by atoms with Gasteiger partial charge in [0.25, 0.3) is 5.91 Å². The molecule has 2 N–H and O–H groups in total. The van der Waals surface area contributed by atoms with E-state index in [2.05, 4.69) is 10.8 Å². The summed E-state index contributed by atoms with van der Waals surface area (Å²) in [6.45, 7) is 4.87. The van der Waals surface area contributed by atoms with Crippen LogP contribution < -0.4 is 19.9 Å². The summed E-state index contributed by atoms with van der Waals surface area (Å²) in [5, 5.41) is 0.765. The number of amides is 2. The maximum absolute atomic E-state index is 13.5. The molecule has 43 heavy (non-hydrogen) atoms. The molecule has 1 aromatic heterocycles. The Balaban J connectivity index is 0.00000180. The standard InChI is InChI=1S/C31H30N3O6P.C2H6/c1-38-26-5-3-4-21-27(39-2)14-23(33-28(21)26)30(37)34-10-8-31(9-11-34)15-24(35)22-13-18(6-7-25(22)40-31)19-12-20(29(32)36)17-41-16-19;1-2/h3-7,12-14,16,41H,8-11,15,17H2,1-2H3,(H2,32,36);1-2H3. The van der Waals surface area contributed by atoms with Gasteiger partial charge in [0.2, 0.25) is 5.91 Å². The van der Waals surface area contributed by atoms with E-state index in [1.165, 1.54) is 0 Å². The number of para-hydroxylation sites is 1. The molecule has 3 aliphatic rings. The number of ketones is 1. The molecule has 4 heterocycles. The van der Waals surface area contributed by atoms with E-state index in [1.807, 2.05) is 44.2 Å². The second kappa shape index (κ2) is 12.6. The lowest BCUT2D eigenvalue weighted by Gasteiger charge is -2.44. The van der Waals surface area contributed by atoms with Gasteiger partial charge >= 0.3 is 0 Å². The molecule has 2 aromatic carbocycles. The topological polar surface area (TPSA) is 121 Å². The van der Waals surface area contributed by atoms with Crippen molar-refractivity contribution in [1.82, 2.24) is 9.88 Å². The number of hydrogen-bond acceptors (Lipinski definition) is 7. The first kappa shape index (κ1) is 30.2. The first-order valence-corrected chi connectivity index (χ1v) is 15.7. The highest BCUT2D eigenvalue weighted by Crippen LogP contribution is 2.42.